The van der Waals surface area contributed by atoms with Crippen molar-refractivity contribution in [1.82, 2.24) is 19.4 Å². The van der Waals surface area contributed by atoms with Gasteiger partial charge in [0.25, 0.3) is 5.91 Å². The van der Waals surface area contributed by atoms with Gasteiger partial charge in [0.2, 0.25) is 0 Å². The third kappa shape index (κ3) is 3.04. The van der Waals surface area contributed by atoms with Gasteiger partial charge in [-0.1, -0.05) is 18.2 Å². The summed E-state index contributed by atoms with van der Waals surface area (Å²) in [5.41, 5.74) is 2.86. The van der Waals surface area contributed by atoms with E-state index in [1.54, 1.807) is 20.2 Å². The molecule has 0 aliphatic heterocycles. The van der Waals surface area contributed by atoms with E-state index in [1.165, 1.54) is 9.47 Å². The molecule has 1 aromatic carbocycles. The average molecular weight is 365 g/mol. The summed E-state index contributed by atoms with van der Waals surface area (Å²) in [7, 11) is 3.32. The van der Waals surface area contributed by atoms with Gasteiger partial charge in [-0.3, -0.25) is 9.36 Å². The van der Waals surface area contributed by atoms with Crippen LogP contribution in [0.4, 0.5) is 4.79 Å². The van der Waals surface area contributed by atoms with Crippen LogP contribution in [-0.2, 0) is 0 Å². The van der Waals surface area contributed by atoms with E-state index in [0.29, 0.717) is 0 Å². The molecule has 27 heavy (non-hydrogen) atoms. The molecule has 3 rings (SSSR count). The Kier molecular flexibility index (Phi) is 4.91. The second-order valence-corrected chi connectivity index (χ2v) is 6.92. The van der Waals surface area contributed by atoms with Crippen LogP contribution in [0.5, 0.6) is 0 Å². The Bertz CT molecular complexity index is 1070. The van der Waals surface area contributed by atoms with Crippen LogP contribution in [0.2, 0.25) is 0 Å². The number of hydrogen-bond acceptors (Lipinski definition) is 3. The van der Waals surface area contributed by atoms with Crippen LogP contribution in [0.3, 0.4) is 0 Å². The molecule has 0 aliphatic rings. The van der Waals surface area contributed by atoms with Gasteiger partial charge in [-0.15, -0.1) is 0 Å². The zero-order chi connectivity index (χ0) is 19.7. The zero-order valence-electron chi connectivity index (χ0n) is 16.0. The molecule has 0 unspecified atom stereocenters. The van der Waals surface area contributed by atoms with Crippen molar-refractivity contribution >= 4 is 33.9 Å². The first-order valence-electron chi connectivity index (χ1n) is 8.89. The minimum Gasteiger partial charge on any atom is -0.350 e. The lowest BCUT2D eigenvalue weighted by atomic mass is 10.2. The highest BCUT2D eigenvalue weighted by Crippen LogP contribution is 2.34. The van der Waals surface area contributed by atoms with Crippen molar-refractivity contribution in [1.29, 1.82) is 5.26 Å². The number of aromatic nitrogens is 2. The number of hydrogen-bond donors (Lipinski definition) is 1. The highest BCUT2D eigenvalue weighted by molar-refractivity contribution is 6.14. The number of nitriles is 1. The van der Waals surface area contributed by atoms with Crippen molar-refractivity contribution in [2.75, 3.05) is 20.6 Å². The molecular weight excluding hydrogens is 342 g/mol. The molecule has 0 bridgehead atoms. The van der Waals surface area contributed by atoms with Crippen LogP contribution >= 0.6 is 0 Å². The number of carbonyl (C=O) groups excluding carboxylic acids is 2. The van der Waals surface area contributed by atoms with Crippen LogP contribution in [0.1, 0.15) is 36.8 Å². The molecule has 0 saturated heterocycles. The number of carbonyl (C=O) groups is 2. The summed E-state index contributed by atoms with van der Waals surface area (Å²) in [6.07, 6.45) is 0.217. The van der Waals surface area contributed by atoms with E-state index >= 15 is 0 Å². The van der Waals surface area contributed by atoms with E-state index in [1.807, 2.05) is 30.3 Å². The summed E-state index contributed by atoms with van der Waals surface area (Å²) in [4.78, 5) is 27.1. The molecule has 1 N–H and O–H groups in total. The van der Waals surface area contributed by atoms with Crippen molar-refractivity contribution in [3.63, 3.8) is 0 Å². The minimum absolute atomic E-state index is 0.159. The first-order valence-corrected chi connectivity index (χ1v) is 8.89. The van der Waals surface area contributed by atoms with E-state index in [2.05, 4.69) is 23.7 Å². The molecule has 0 saturated carbocycles. The largest absolute Gasteiger partial charge is 0.350 e. The Balaban J connectivity index is 2.32. The van der Waals surface area contributed by atoms with Crippen molar-refractivity contribution in [3.8, 4) is 6.07 Å². The minimum atomic E-state index is -0.365. The average Bonchev–Trinajstić information content (AvgIpc) is 3.15. The molecule has 7 nitrogen and oxygen atoms in total. The molecule has 0 radical (unpaired) electrons. The number of nitrogens with one attached hydrogen (secondary N) is 1. The summed E-state index contributed by atoms with van der Waals surface area (Å²) >= 11 is 0. The topological polar surface area (TPSA) is 83.1 Å². The molecule has 2 amide bonds. The van der Waals surface area contributed by atoms with E-state index in [0.717, 1.165) is 21.9 Å². The summed E-state index contributed by atoms with van der Waals surface area (Å²) in [6.45, 7) is 4.39. The SMILES string of the molecule is CC(C)n1c2ccccc2c2c1cc(C(=O)NCCC#N)n2C(=O)N(C)C. The van der Waals surface area contributed by atoms with E-state index < -0.39 is 0 Å². The van der Waals surface area contributed by atoms with Crippen molar-refractivity contribution < 1.29 is 9.59 Å². The fourth-order valence-electron chi connectivity index (χ4n) is 3.40. The molecule has 140 valence electrons. The fourth-order valence-corrected chi connectivity index (χ4v) is 3.40. The normalized spacial score (nSPS) is 11.1. The Labute approximate surface area is 157 Å². The molecule has 7 heteroatoms. The van der Waals surface area contributed by atoms with E-state index in [4.69, 9.17) is 5.26 Å². The molecule has 3 aromatic rings. The Morgan fingerprint density at radius 3 is 2.56 bits per heavy atom. The Hall–Kier alpha value is -3.27. The standard InChI is InChI=1S/C20H23N5O2/c1-13(2)24-15-9-6-5-8-14(15)18-16(24)12-17(19(26)22-11-7-10-21)25(18)20(27)23(3)4/h5-6,8-9,12-13H,7,11H2,1-4H3,(H,22,26). The number of rotatable bonds is 4. The second kappa shape index (κ2) is 7.16. The first kappa shape index (κ1) is 18.5. The predicted octanol–water partition coefficient (Wildman–Crippen LogP) is 3.35. The van der Waals surface area contributed by atoms with Crippen LogP contribution in [0, 0.1) is 11.3 Å². The molecule has 0 atom stereocenters. The summed E-state index contributed by atoms with van der Waals surface area (Å²) in [6, 6.07) is 11.5. The maximum atomic E-state index is 12.9. The van der Waals surface area contributed by atoms with Gasteiger partial charge in [0.05, 0.1) is 29.0 Å². The van der Waals surface area contributed by atoms with E-state index in [9.17, 15) is 9.59 Å². The number of nitrogens with zero attached hydrogens (tertiary/aromatic N) is 4. The monoisotopic (exact) mass is 365 g/mol. The molecule has 0 fully saturated rings. The number of fused-ring (bicyclic) bond motifs is 3. The van der Waals surface area contributed by atoms with E-state index in [-0.39, 0.29) is 36.6 Å². The summed E-state index contributed by atoms with van der Waals surface area (Å²) in [5, 5.41) is 12.3. The molecule has 2 heterocycles. The molecular formula is C20H23N5O2. The highest BCUT2D eigenvalue weighted by atomic mass is 16.2. The molecule has 0 aliphatic carbocycles. The number of amides is 2. The Morgan fingerprint density at radius 1 is 1.22 bits per heavy atom. The quantitative estimate of drug-likeness (QED) is 0.720. The van der Waals surface area contributed by atoms with Crippen molar-refractivity contribution in [2.45, 2.75) is 26.3 Å². The van der Waals surface area contributed by atoms with Gasteiger partial charge in [-0.05, 0) is 26.0 Å². The van der Waals surface area contributed by atoms with Gasteiger partial charge in [0.15, 0.2) is 0 Å². The smallest absolute Gasteiger partial charge is 0.328 e. The highest BCUT2D eigenvalue weighted by Gasteiger charge is 2.26. The number of para-hydroxylation sites is 1. The summed E-state index contributed by atoms with van der Waals surface area (Å²) in [5.74, 6) is -0.365. The number of benzene rings is 1. The van der Waals surface area contributed by atoms with Gasteiger partial charge >= 0.3 is 6.03 Å². The maximum absolute atomic E-state index is 12.9. The van der Waals surface area contributed by atoms with Gasteiger partial charge in [-0.2, -0.15) is 5.26 Å². The third-order valence-corrected chi connectivity index (χ3v) is 4.50. The van der Waals surface area contributed by atoms with Crippen molar-refractivity contribution in [2.24, 2.45) is 0 Å². The van der Waals surface area contributed by atoms with Crippen LogP contribution in [0.25, 0.3) is 21.9 Å². The van der Waals surface area contributed by atoms with Crippen molar-refractivity contribution in [3.05, 3.63) is 36.0 Å². The van der Waals surface area contributed by atoms with Gasteiger partial charge in [0.1, 0.15) is 5.69 Å². The van der Waals surface area contributed by atoms with Gasteiger partial charge < -0.3 is 14.8 Å². The van der Waals surface area contributed by atoms with Crippen LogP contribution < -0.4 is 5.32 Å². The molecule has 0 spiro atoms. The zero-order valence-corrected chi connectivity index (χ0v) is 16.0. The van der Waals surface area contributed by atoms with Crippen LogP contribution in [0.15, 0.2) is 30.3 Å². The predicted molar refractivity (Wildman–Crippen MR) is 105 cm³/mol. The Morgan fingerprint density at radius 2 is 1.93 bits per heavy atom. The van der Waals surface area contributed by atoms with Gasteiger partial charge in [0, 0.05) is 32.1 Å². The van der Waals surface area contributed by atoms with Gasteiger partial charge in [-0.25, -0.2) is 4.79 Å². The summed E-state index contributed by atoms with van der Waals surface area (Å²) < 4.78 is 3.61. The maximum Gasteiger partial charge on any atom is 0.328 e. The molecule has 2 aromatic heterocycles. The lowest BCUT2D eigenvalue weighted by molar-refractivity contribution is 0.0946. The van der Waals surface area contributed by atoms with Crippen LogP contribution in [-0.4, -0.2) is 46.6 Å². The lowest BCUT2D eigenvalue weighted by Crippen LogP contribution is -2.33. The lowest BCUT2D eigenvalue weighted by Gasteiger charge is -2.14. The first-order chi connectivity index (χ1) is 12.9. The fraction of sp³-hybridized carbons (Fsp3) is 0.350. The third-order valence-electron chi connectivity index (χ3n) is 4.50. The second-order valence-electron chi connectivity index (χ2n) is 6.92.